The van der Waals surface area contributed by atoms with Crippen molar-refractivity contribution in [2.24, 2.45) is 7.05 Å². The number of imidazole rings is 1. The van der Waals surface area contributed by atoms with Gasteiger partial charge in [0.2, 0.25) is 0 Å². The van der Waals surface area contributed by atoms with Gasteiger partial charge in [-0.1, -0.05) is 6.07 Å². The highest BCUT2D eigenvalue weighted by molar-refractivity contribution is 5.56. The first-order chi connectivity index (χ1) is 6.68. The van der Waals surface area contributed by atoms with Crippen LogP contribution in [0.25, 0.3) is 11.4 Å². The summed E-state index contributed by atoms with van der Waals surface area (Å²) in [5, 5.41) is 0. The summed E-state index contributed by atoms with van der Waals surface area (Å²) in [4.78, 5) is 8.44. The van der Waals surface area contributed by atoms with Gasteiger partial charge in [-0.2, -0.15) is 0 Å². The molecular weight excluding hydrogens is 176 g/mol. The summed E-state index contributed by atoms with van der Waals surface area (Å²) in [7, 11) is 1.96. The fourth-order valence-electron chi connectivity index (χ4n) is 1.33. The molecule has 0 saturated carbocycles. The highest BCUT2D eigenvalue weighted by Gasteiger charge is 2.06. The minimum Gasteiger partial charge on any atom is -0.384 e. The van der Waals surface area contributed by atoms with Crippen LogP contribution in [0.3, 0.4) is 0 Å². The number of nitrogens with zero attached hydrogens (tertiary/aromatic N) is 3. The van der Waals surface area contributed by atoms with E-state index < -0.39 is 0 Å². The van der Waals surface area contributed by atoms with Gasteiger partial charge in [0.25, 0.3) is 0 Å². The molecule has 2 heterocycles. The average Bonchev–Trinajstić information content (AvgIpc) is 2.48. The molecule has 2 N–H and O–H groups in total. The molecular formula is C10H12N4. The van der Waals surface area contributed by atoms with Gasteiger partial charge in [-0.3, -0.25) is 0 Å². The van der Waals surface area contributed by atoms with Gasteiger partial charge < -0.3 is 10.3 Å². The maximum Gasteiger partial charge on any atom is 0.124 e. The Balaban J connectivity index is 2.55. The Kier molecular flexibility index (Phi) is 1.96. The van der Waals surface area contributed by atoms with Gasteiger partial charge in [0.15, 0.2) is 0 Å². The van der Waals surface area contributed by atoms with E-state index in [9.17, 15) is 0 Å². The van der Waals surface area contributed by atoms with E-state index in [0.29, 0.717) is 5.82 Å². The maximum atomic E-state index is 5.61. The molecule has 14 heavy (non-hydrogen) atoms. The predicted octanol–water partition coefficient (Wildman–Crippen LogP) is 1.37. The molecule has 0 amide bonds. The third kappa shape index (κ3) is 1.35. The summed E-state index contributed by atoms with van der Waals surface area (Å²) in [6, 6.07) is 5.58. The Bertz CT molecular complexity index is 459. The summed E-state index contributed by atoms with van der Waals surface area (Å²) >= 11 is 0. The zero-order chi connectivity index (χ0) is 10.1. The molecule has 4 nitrogen and oxygen atoms in total. The van der Waals surface area contributed by atoms with E-state index in [1.54, 1.807) is 12.3 Å². The molecule has 0 radical (unpaired) electrons. The van der Waals surface area contributed by atoms with Gasteiger partial charge in [0.1, 0.15) is 11.6 Å². The van der Waals surface area contributed by atoms with E-state index in [1.165, 1.54) is 0 Å². The Hall–Kier alpha value is -1.84. The second-order valence-electron chi connectivity index (χ2n) is 3.20. The second-order valence-corrected chi connectivity index (χ2v) is 3.20. The number of aromatic nitrogens is 3. The third-order valence-corrected chi connectivity index (χ3v) is 2.25. The molecule has 0 unspecified atom stereocenters. The first-order valence-electron chi connectivity index (χ1n) is 4.39. The van der Waals surface area contributed by atoms with Crippen molar-refractivity contribution in [1.29, 1.82) is 0 Å². The first kappa shape index (κ1) is 8.74. The molecule has 4 heteroatoms. The van der Waals surface area contributed by atoms with E-state index in [4.69, 9.17) is 5.73 Å². The largest absolute Gasteiger partial charge is 0.384 e. The van der Waals surface area contributed by atoms with Crippen LogP contribution in [-0.4, -0.2) is 14.5 Å². The summed E-state index contributed by atoms with van der Waals surface area (Å²) in [6.45, 7) is 1.95. The molecule has 2 rings (SSSR count). The molecule has 72 valence electrons. The summed E-state index contributed by atoms with van der Waals surface area (Å²) in [6.07, 6.45) is 1.80. The van der Waals surface area contributed by atoms with Gasteiger partial charge in [-0.15, -0.1) is 0 Å². The summed E-state index contributed by atoms with van der Waals surface area (Å²) in [5.41, 5.74) is 7.45. The number of pyridine rings is 1. The fraction of sp³-hybridized carbons (Fsp3) is 0.200. The number of hydrogen-bond donors (Lipinski definition) is 1. The second kappa shape index (κ2) is 3.14. The van der Waals surface area contributed by atoms with Gasteiger partial charge in [0.05, 0.1) is 17.6 Å². The number of nitrogen functional groups attached to an aromatic ring is 1. The molecule has 0 aliphatic heterocycles. The highest BCUT2D eigenvalue weighted by atomic mass is 15.1. The average molecular weight is 188 g/mol. The van der Waals surface area contributed by atoms with Crippen molar-refractivity contribution in [2.75, 3.05) is 5.73 Å². The summed E-state index contributed by atoms with van der Waals surface area (Å²) < 4.78 is 1.99. The smallest absolute Gasteiger partial charge is 0.124 e. The zero-order valence-electron chi connectivity index (χ0n) is 8.23. The van der Waals surface area contributed by atoms with Crippen LogP contribution in [0.1, 0.15) is 5.82 Å². The van der Waals surface area contributed by atoms with Crippen molar-refractivity contribution in [3.05, 3.63) is 30.2 Å². The van der Waals surface area contributed by atoms with Crippen molar-refractivity contribution in [3.8, 4) is 11.4 Å². The van der Waals surface area contributed by atoms with Crippen LogP contribution in [-0.2, 0) is 7.05 Å². The molecule has 0 aromatic carbocycles. The van der Waals surface area contributed by atoms with Gasteiger partial charge >= 0.3 is 0 Å². The Labute approximate surface area is 82.4 Å². The van der Waals surface area contributed by atoms with Crippen LogP contribution < -0.4 is 5.73 Å². The molecule has 0 aliphatic carbocycles. The van der Waals surface area contributed by atoms with Crippen molar-refractivity contribution < 1.29 is 0 Å². The first-order valence-corrected chi connectivity index (χ1v) is 4.39. The van der Waals surface area contributed by atoms with Crippen LogP contribution in [0.15, 0.2) is 24.4 Å². The van der Waals surface area contributed by atoms with E-state index in [-0.39, 0.29) is 0 Å². The number of nitrogens with two attached hydrogens (primary N) is 1. The van der Waals surface area contributed by atoms with E-state index >= 15 is 0 Å². The lowest BCUT2D eigenvalue weighted by atomic mass is 10.3. The molecule has 2 aromatic rings. The van der Waals surface area contributed by atoms with E-state index in [2.05, 4.69) is 9.97 Å². The normalized spacial score (nSPS) is 10.4. The van der Waals surface area contributed by atoms with E-state index in [1.807, 2.05) is 30.7 Å². The molecule has 0 spiro atoms. The van der Waals surface area contributed by atoms with Gasteiger partial charge in [-0.05, 0) is 19.1 Å². The number of aryl methyl sites for hydroxylation is 1. The Morgan fingerprint density at radius 3 is 2.71 bits per heavy atom. The summed E-state index contributed by atoms with van der Waals surface area (Å²) in [5.74, 6) is 1.49. The number of rotatable bonds is 1. The van der Waals surface area contributed by atoms with E-state index in [0.717, 1.165) is 17.2 Å². The highest BCUT2D eigenvalue weighted by Crippen LogP contribution is 2.17. The number of hydrogen-bond acceptors (Lipinski definition) is 3. The predicted molar refractivity (Wildman–Crippen MR) is 55.6 cm³/mol. The lowest BCUT2D eigenvalue weighted by molar-refractivity contribution is 0.862. The molecule has 0 aliphatic rings. The molecule has 2 aromatic heterocycles. The molecule has 0 atom stereocenters. The van der Waals surface area contributed by atoms with Crippen LogP contribution in [0, 0.1) is 6.92 Å². The van der Waals surface area contributed by atoms with Gasteiger partial charge in [-0.25, -0.2) is 9.97 Å². The van der Waals surface area contributed by atoms with Crippen LogP contribution in [0.5, 0.6) is 0 Å². The standard InChI is InChI=1S/C10H12N4/c1-7-12-6-9(14(7)2)8-4-3-5-10(11)13-8/h3-6H,1-2H3,(H2,11,13). The molecule has 0 saturated heterocycles. The number of anilines is 1. The van der Waals surface area contributed by atoms with Crippen molar-refractivity contribution in [3.63, 3.8) is 0 Å². The Morgan fingerprint density at radius 1 is 1.36 bits per heavy atom. The van der Waals surface area contributed by atoms with Crippen molar-refractivity contribution >= 4 is 5.82 Å². The maximum absolute atomic E-state index is 5.61. The van der Waals surface area contributed by atoms with Crippen molar-refractivity contribution in [2.45, 2.75) is 6.92 Å². The minimum atomic E-state index is 0.529. The monoisotopic (exact) mass is 188 g/mol. The third-order valence-electron chi connectivity index (χ3n) is 2.25. The minimum absolute atomic E-state index is 0.529. The van der Waals surface area contributed by atoms with Gasteiger partial charge in [0, 0.05) is 7.05 Å². The van der Waals surface area contributed by atoms with Crippen molar-refractivity contribution in [1.82, 2.24) is 14.5 Å². The van der Waals surface area contributed by atoms with Crippen LogP contribution >= 0.6 is 0 Å². The Morgan fingerprint density at radius 2 is 2.14 bits per heavy atom. The lowest BCUT2D eigenvalue weighted by Crippen LogP contribution is -1.97. The zero-order valence-corrected chi connectivity index (χ0v) is 8.23. The molecule has 0 bridgehead atoms. The quantitative estimate of drug-likeness (QED) is 0.735. The lowest BCUT2D eigenvalue weighted by Gasteiger charge is -2.03. The topological polar surface area (TPSA) is 56.7 Å². The molecule has 0 fully saturated rings. The van der Waals surface area contributed by atoms with Crippen LogP contribution in [0.4, 0.5) is 5.82 Å². The van der Waals surface area contributed by atoms with Crippen LogP contribution in [0.2, 0.25) is 0 Å². The fourth-order valence-corrected chi connectivity index (χ4v) is 1.33. The SMILES string of the molecule is Cc1ncc(-c2cccc(N)n2)n1C.